The first-order chi connectivity index (χ1) is 17.5. The summed E-state index contributed by atoms with van der Waals surface area (Å²) in [5.41, 5.74) is 1.13. The van der Waals surface area contributed by atoms with Crippen LogP contribution in [0.4, 0.5) is 0 Å². The van der Waals surface area contributed by atoms with E-state index < -0.39 is 12.1 Å². The van der Waals surface area contributed by atoms with Crippen LogP contribution < -0.4 is 14.8 Å². The van der Waals surface area contributed by atoms with Gasteiger partial charge in [-0.3, -0.25) is 9.69 Å². The monoisotopic (exact) mass is 511 g/mol. The number of hydrogen-bond donors (Lipinski definition) is 1. The molecule has 3 heterocycles. The molecule has 9 nitrogen and oxygen atoms in total. The predicted octanol–water partition coefficient (Wildman–Crippen LogP) is 3.02. The second kappa shape index (κ2) is 11.6. The van der Waals surface area contributed by atoms with Crippen molar-refractivity contribution in [2.45, 2.75) is 31.0 Å². The molecule has 1 aromatic heterocycles. The van der Waals surface area contributed by atoms with Gasteiger partial charge in [0.2, 0.25) is 0 Å². The number of nitrogens with one attached hydrogen (secondary N) is 1. The third-order valence-corrected chi connectivity index (χ3v) is 7.35. The molecule has 10 heteroatoms. The molecule has 0 aliphatic carbocycles. The molecule has 190 valence electrons. The Morgan fingerprint density at radius 1 is 1.14 bits per heavy atom. The molecule has 2 fully saturated rings. The predicted molar refractivity (Wildman–Crippen MR) is 135 cm³/mol. The standard InChI is InChI=1S/C26H29N3O6S/c1-32-21-6-4-16(13-22(21)33-2)17(14-27)12-19-5-7-23(36-19)24(29-15-20(29)25(30)34-3)26(31)35-18-8-10-28-11-9-18/h4-7,12-13,18,20,24,28H,8-11,15H2,1-3H3/b17-12+. The van der Waals surface area contributed by atoms with Gasteiger partial charge in [0.15, 0.2) is 11.5 Å². The number of carbonyl (C=O) groups is 2. The summed E-state index contributed by atoms with van der Waals surface area (Å²) in [7, 11) is 4.44. The highest BCUT2D eigenvalue weighted by molar-refractivity contribution is 7.13. The number of thiophene rings is 1. The van der Waals surface area contributed by atoms with E-state index in [4.69, 9.17) is 18.9 Å². The lowest BCUT2D eigenvalue weighted by Gasteiger charge is -2.25. The van der Waals surface area contributed by atoms with Gasteiger partial charge in [0.25, 0.3) is 0 Å². The molecule has 4 rings (SSSR count). The van der Waals surface area contributed by atoms with Crippen molar-refractivity contribution in [3.63, 3.8) is 0 Å². The third kappa shape index (κ3) is 5.70. The minimum Gasteiger partial charge on any atom is -0.493 e. The number of carbonyl (C=O) groups excluding carboxylic acids is 2. The number of hydrogen-bond acceptors (Lipinski definition) is 10. The number of benzene rings is 1. The maximum Gasteiger partial charge on any atom is 0.329 e. The Bertz CT molecular complexity index is 1180. The van der Waals surface area contributed by atoms with Crippen LogP contribution in [0.1, 0.15) is 34.2 Å². The molecule has 1 N–H and O–H groups in total. The zero-order chi connectivity index (χ0) is 25.7. The van der Waals surface area contributed by atoms with Gasteiger partial charge in [0.05, 0.1) is 33.0 Å². The molecule has 3 atom stereocenters. The van der Waals surface area contributed by atoms with E-state index in [-0.39, 0.29) is 18.0 Å². The van der Waals surface area contributed by atoms with Crippen LogP contribution in [0.3, 0.4) is 0 Å². The highest BCUT2D eigenvalue weighted by Gasteiger charge is 2.50. The van der Waals surface area contributed by atoms with Gasteiger partial charge in [-0.05, 0) is 67.9 Å². The largest absolute Gasteiger partial charge is 0.493 e. The summed E-state index contributed by atoms with van der Waals surface area (Å²) in [4.78, 5) is 28.7. The summed E-state index contributed by atoms with van der Waals surface area (Å²) in [6.45, 7) is 2.03. The topological polar surface area (TPSA) is 110 Å². The van der Waals surface area contributed by atoms with Crippen molar-refractivity contribution < 1.29 is 28.5 Å². The van der Waals surface area contributed by atoms with E-state index in [1.807, 2.05) is 12.1 Å². The highest BCUT2D eigenvalue weighted by atomic mass is 32.1. The molecule has 36 heavy (non-hydrogen) atoms. The number of nitrogens with zero attached hydrogens (tertiary/aromatic N) is 2. The number of ether oxygens (including phenoxy) is 4. The van der Waals surface area contributed by atoms with Crippen molar-refractivity contribution in [1.82, 2.24) is 10.2 Å². The molecule has 0 saturated carbocycles. The fourth-order valence-corrected chi connectivity index (χ4v) is 5.32. The van der Waals surface area contributed by atoms with Gasteiger partial charge in [-0.25, -0.2) is 4.79 Å². The average molecular weight is 512 g/mol. The van der Waals surface area contributed by atoms with E-state index in [1.165, 1.54) is 18.4 Å². The van der Waals surface area contributed by atoms with E-state index in [9.17, 15) is 14.9 Å². The van der Waals surface area contributed by atoms with Crippen LogP contribution in [0.2, 0.25) is 0 Å². The van der Waals surface area contributed by atoms with E-state index >= 15 is 0 Å². The van der Waals surface area contributed by atoms with Crippen LogP contribution in [0.15, 0.2) is 30.3 Å². The molecular formula is C26H29N3O6S. The van der Waals surface area contributed by atoms with Crippen LogP contribution >= 0.6 is 11.3 Å². The fourth-order valence-electron chi connectivity index (χ4n) is 4.26. The lowest BCUT2D eigenvalue weighted by Crippen LogP contribution is -2.36. The van der Waals surface area contributed by atoms with Gasteiger partial charge in [-0.15, -0.1) is 11.3 Å². The molecule has 0 spiro atoms. The SMILES string of the molecule is COC(=O)C1CN1C(C(=O)OC1CCNCC1)c1ccc(/C=C(\C#N)c2ccc(OC)c(OC)c2)s1. The van der Waals surface area contributed by atoms with E-state index in [0.29, 0.717) is 29.2 Å². The lowest BCUT2D eigenvalue weighted by molar-refractivity contribution is -0.155. The van der Waals surface area contributed by atoms with Crippen molar-refractivity contribution in [2.24, 2.45) is 0 Å². The molecular weight excluding hydrogens is 482 g/mol. The van der Waals surface area contributed by atoms with Gasteiger partial charge in [-0.1, -0.05) is 0 Å². The lowest BCUT2D eigenvalue weighted by atomic mass is 10.1. The van der Waals surface area contributed by atoms with Crippen molar-refractivity contribution >= 4 is 34.9 Å². The van der Waals surface area contributed by atoms with Crippen LogP contribution in [0, 0.1) is 11.3 Å². The Kier molecular flexibility index (Phi) is 8.25. The summed E-state index contributed by atoms with van der Waals surface area (Å²) in [6, 6.07) is 10.1. The number of esters is 2. The number of methoxy groups -OCH3 is 3. The Hall–Kier alpha value is -3.39. The Morgan fingerprint density at radius 3 is 2.56 bits per heavy atom. The Balaban J connectivity index is 1.59. The normalized spacial score (nSPS) is 20.7. The average Bonchev–Trinajstić information content (AvgIpc) is 3.55. The molecule has 2 saturated heterocycles. The minimum atomic E-state index is -0.706. The van der Waals surface area contributed by atoms with Crippen molar-refractivity contribution in [1.29, 1.82) is 5.26 Å². The first kappa shape index (κ1) is 25.7. The Morgan fingerprint density at radius 2 is 1.89 bits per heavy atom. The van der Waals surface area contributed by atoms with Crippen LogP contribution in [-0.4, -0.2) is 69.9 Å². The molecule has 0 bridgehead atoms. The minimum absolute atomic E-state index is 0.146. The summed E-state index contributed by atoms with van der Waals surface area (Å²) in [5.74, 6) is 0.363. The van der Waals surface area contributed by atoms with E-state index in [1.54, 1.807) is 43.4 Å². The van der Waals surface area contributed by atoms with Crippen molar-refractivity contribution in [2.75, 3.05) is 41.0 Å². The molecule has 0 amide bonds. The quantitative estimate of drug-likeness (QED) is 0.309. The fraction of sp³-hybridized carbons (Fsp3) is 0.423. The number of nitriles is 1. The first-order valence-corrected chi connectivity index (χ1v) is 12.5. The molecule has 2 aromatic rings. The summed E-state index contributed by atoms with van der Waals surface area (Å²) in [5, 5.41) is 13.1. The number of piperidine rings is 1. The van der Waals surface area contributed by atoms with Gasteiger partial charge < -0.3 is 24.3 Å². The second-order valence-corrected chi connectivity index (χ2v) is 9.65. The zero-order valence-electron chi connectivity index (χ0n) is 20.5. The Labute approximate surface area is 214 Å². The van der Waals surface area contributed by atoms with E-state index in [0.717, 1.165) is 35.7 Å². The highest BCUT2D eigenvalue weighted by Crippen LogP contribution is 2.39. The first-order valence-electron chi connectivity index (χ1n) is 11.7. The summed E-state index contributed by atoms with van der Waals surface area (Å²) >= 11 is 1.39. The van der Waals surface area contributed by atoms with Gasteiger partial charge in [0, 0.05) is 16.3 Å². The summed E-state index contributed by atoms with van der Waals surface area (Å²) < 4.78 is 21.4. The third-order valence-electron chi connectivity index (χ3n) is 6.27. The number of allylic oxidation sites excluding steroid dienone is 1. The van der Waals surface area contributed by atoms with Gasteiger partial charge in [0.1, 0.15) is 18.2 Å². The molecule has 3 unspecified atom stereocenters. The molecule has 2 aliphatic rings. The zero-order valence-corrected chi connectivity index (χ0v) is 21.3. The van der Waals surface area contributed by atoms with Crippen LogP contribution in [0.5, 0.6) is 11.5 Å². The smallest absolute Gasteiger partial charge is 0.329 e. The maximum absolute atomic E-state index is 13.3. The molecule has 1 aromatic carbocycles. The summed E-state index contributed by atoms with van der Waals surface area (Å²) in [6.07, 6.45) is 3.14. The van der Waals surface area contributed by atoms with Gasteiger partial charge >= 0.3 is 11.9 Å². The van der Waals surface area contributed by atoms with E-state index in [2.05, 4.69) is 11.4 Å². The molecule has 2 aliphatic heterocycles. The van der Waals surface area contributed by atoms with Crippen molar-refractivity contribution in [3.8, 4) is 17.6 Å². The maximum atomic E-state index is 13.3. The second-order valence-electron chi connectivity index (χ2n) is 8.50. The van der Waals surface area contributed by atoms with Crippen molar-refractivity contribution in [3.05, 3.63) is 45.6 Å². The van der Waals surface area contributed by atoms with Gasteiger partial charge in [-0.2, -0.15) is 5.26 Å². The molecule has 0 radical (unpaired) electrons. The number of rotatable bonds is 9. The van der Waals surface area contributed by atoms with Crippen LogP contribution in [0.25, 0.3) is 11.6 Å². The van der Waals surface area contributed by atoms with Crippen LogP contribution in [-0.2, 0) is 19.1 Å².